The van der Waals surface area contributed by atoms with Crippen LogP contribution in [0.1, 0.15) is 18.9 Å². The van der Waals surface area contributed by atoms with Gasteiger partial charge in [0.05, 0.1) is 10.2 Å². The Kier molecular flexibility index (Phi) is 4.76. The molecule has 0 bridgehead atoms. The molecule has 1 N–H and O–H groups in total. The van der Waals surface area contributed by atoms with Gasteiger partial charge in [-0.05, 0) is 49.2 Å². The van der Waals surface area contributed by atoms with Crippen LogP contribution in [0.25, 0.3) is 10.2 Å². The molecule has 1 aromatic heterocycles. The molecule has 0 unspecified atom stereocenters. The number of nitrogens with zero attached hydrogens (tertiary/aromatic N) is 1. The molecule has 1 amide bonds. The van der Waals surface area contributed by atoms with Gasteiger partial charge in [0.15, 0.2) is 0 Å². The summed E-state index contributed by atoms with van der Waals surface area (Å²) in [6.45, 7) is 2.56. The second-order valence-electron chi connectivity index (χ2n) is 5.47. The third kappa shape index (κ3) is 3.54. The summed E-state index contributed by atoms with van der Waals surface area (Å²) in [6, 6.07) is 11.6. The van der Waals surface area contributed by atoms with Crippen molar-refractivity contribution in [1.29, 1.82) is 0 Å². The van der Waals surface area contributed by atoms with Crippen LogP contribution in [0.5, 0.6) is 0 Å². The molecular weight excluding hydrogens is 327 g/mol. The SMILES string of the molecule is CCn1c(=O)sc2cc(NC(=O)CCc3ccc(F)cc3)ccc21. The number of thiazole rings is 1. The minimum atomic E-state index is -0.283. The van der Waals surface area contributed by atoms with Gasteiger partial charge in [0.2, 0.25) is 5.91 Å². The number of carbonyl (C=O) groups is 1. The average Bonchev–Trinajstić information content (AvgIpc) is 2.88. The van der Waals surface area contributed by atoms with Gasteiger partial charge in [-0.25, -0.2) is 4.39 Å². The van der Waals surface area contributed by atoms with Crippen LogP contribution in [0.15, 0.2) is 47.3 Å². The lowest BCUT2D eigenvalue weighted by Gasteiger charge is -2.06. The lowest BCUT2D eigenvalue weighted by Crippen LogP contribution is -2.12. The van der Waals surface area contributed by atoms with Gasteiger partial charge in [-0.15, -0.1) is 0 Å². The van der Waals surface area contributed by atoms with E-state index in [1.807, 2.05) is 19.1 Å². The first kappa shape index (κ1) is 16.4. The van der Waals surface area contributed by atoms with Gasteiger partial charge in [0.1, 0.15) is 5.82 Å². The van der Waals surface area contributed by atoms with Crippen molar-refractivity contribution in [2.24, 2.45) is 0 Å². The molecule has 1 heterocycles. The predicted octanol–water partition coefficient (Wildman–Crippen LogP) is 3.79. The summed E-state index contributed by atoms with van der Waals surface area (Å²) in [5.74, 6) is -0.393. The maximum atomic E-state index is 12.9. The molecule has 0 aliphatic rings. The van der Waals surface area contributed by atoms with E-state index in [9.17, 15) is 14.0 Å². The van der Waals surface area contributed by atoms with Crippen LogP contribution in [0.4, 0.5) is 10.1 Å². The number of fused-ring (bicyclic) bond motifs is 1. The highest BCUT2D eigenvalue weighted by Gasteiger charge is 2.08. The number of anilines is 1. The van der Waals surface area contributed by atoms with Gasteiger partial charge < -0.3 is 5.32 Å². The van der Waals surface area contributed by atoms with E-state index >= 15 is 0 Å². The molecule has 0 saturated carbocycles. The first-order valence-corrected chi connectivity index (χ1v) is 8.56. The van der Waals surface area contributed by atoms with Crippen LogP contribution < -0.4 is 10.2 Å². The highest BCUT2D eigenvalue weighted by atomic mass is 32.1. The fraction of sp³-hybridized carbons (Fsp3) is 0.222. The van der Waals surface area contributed by atoms with Crippen LogP contribution in [0, 0.1) is 5.82 Å². The number of hydrogen-bond acceptors (Lipinski definition) is 3. The quantitative estimate of drug-likeness (QED) is 0.765. The van der Waals surface area contributed by atoms with Crippen LogP contribution in [0.3, 0.4) is 0 Å². The summed E-state index contributed by atoms with van der Waals surface area (Å²) < 4.78 is 15.4. The molecule has 3 rings (SSSR count). The van der Waals surface area contributed by atoms with Gasteiger partial charge in [-0.3, -0.25) is 14.2 Å². The molecule has 0 atom stereocenters. The van der Waals surface area contributed by atoms with Crippen LogP contribution >= 0.6 is 11.3 Å². The molecule has 3 aromatic rings. The van der Waals surface area contributed by atoms with Crippen molar-refractivity contribution in [3.8, 4) is 0 Å². The molecule has 0 saturated heterocycles. The summed E-state index contributed by atoms with van der Waals surface area (Å²) in [6.07, 6.45) is 0.865. The van der Waals surface area contributed by atoms with Crippen LogP contribution in [-0.2, 0) is 17.8 Å². The van der Waals surface area contributed by atoms with Gasteiger partial charge in [-0.1, -0.05) is 23.5 Å². The van der Waals surface area contributed by atoms with Crippen LogP contribution in [-0.4, -0.2) is 10.5 Å². The minimum Gasteiger partial charge on any atom is -0.326 e. The van der Waals surface area contributed by atoms with Gasteiger partial charge in [0.25, 0.3) is 0 Å². The molecule has 0 spiro atoms. The van der Waals surface area contributed by atoms with E-state index in [2.05, 4.69) is 5.32 Å². The summed E-state index contributed by atoms with van der Waals surface area (Å²) in [4.78, 5) is 23.9. The van der Waals surface area contributed by atoms with Gasteiger partial charge >= 0.3 is 4.87 Å². The number of nitrogens with one attached hydrogen (secondary N) is 1. The van der Waals surface area contributed by atoms with E-state index in [1.165, 1.54) is 23.5 Å². The highest BCUT2D eigenvalue weighted by Crippen LogP contribution is 2.22. The van der Waals surface area contributed by atoms with Crippen molar-refractivity contribution in [2.75, 3.05) is 5.32 Å². The monoisotopic (exact) mass is 344 g/mol. The van der Waals surface area contributed by atoms with E-state index < -0.39 is 0 Å². The number of rotatable bonds is 5. The Bertz CT molecular complexity index is 928. The second kappa shape index (κ2) is 6.97. The maximum absolute atomic E-state index is 12.9. The molecule has 0 aliphatic heterocycles. The Balaban J connectivity index is 1.66. The first-order valence-electron chi connectivity index (χ1n) is 7.74. The number of carbonyl (C=O) groups excluding carboxylic acids is 1. The lowest BCUT2D eigenvalue weighted by molar-refractivity contribution is -0.116. The zero-order valence-electron chi connectivity index (χ0n) is 13.2. The fourth-order valence-corrected chi connectivity index (χ4v) is 3.57. The summed E-state index contributed by atoms with van der Waals surface area (Å²) in [5, 5.41) is 2.84. The highest BCUT2D eigenvalue weighted by molar-refractivity contribution is 7.16. The Morgan fingerprint density at radius 3 is 2.67 bits per heavy atom. The van der Waals surface area contributed by atoms with E-state index in [0.717, 1.165) is 15.8 Å². The van der Waals surface area contributed by atoms with Crippen molar-refractivity contribution in [3.63, 3.8) is 0 Å². The van der Waals surface area contributed by atoms with Crippen molar-refractivity contribution < 1.29 is 9.18 Å². The Labute approximate surface area is 142 Å². The third-order valence-electron chi connectivity index (χ3n) is 3.82. The third-order valence-corrected chi connectivity index (χ3v) is 4.76. The molecule has 2 aromatic carbocycles. The molecule has 4 nitrogen and oxygen atoms in total. The molecular formula is C18H17FN2O2S. The molecule has 0 radical (unpaired) electrons. The van der Waals surface area contributed by atoms with Gasteiger partial charge in [-0.2, -0.15) is 0 Å². The molecule has 0 aliphatic carbocycles. The number of aromatic nitrogens is 1. The van der Waals surface area contributed by atoms with Gasteiger partial charge in [0, 0.05) is 18.7 Å². The standard InChI is InChI=1S/C18H17FN2O2S/c1-2-21-15-9-8-14(11-16(15)24-18(21)23)20-17(22)10-5-12-3-6-13(19)7-4-12/h3-4,6-9,11H,2,5,10H2,1H3,(H,20,22). The number of amides is 1. The van der Waals surface area contributed by atoms with E-state index in [0.29, 0.717) is 25.1 Å². The number of aryl methyl sites for hydroxylation is 2. The largest absolute Gasteiger partial charge is 0.326 e. The molecule has 24 heavy (non-hydrogen) atoms. The van der Waals surface area contributed by atoms with Crippen molar-refractivity contribution >= 4 is 33.1 Å². The van der Waals surface area contributed by atoms with Crippen molar-refractivity contribution in [3.05, 3.63) is 63.5 Å². The zero-order chi connectivity index (χ0) is 17.1. The topological polar surface area (TPSA) is 51.1 Å². The number of benzene rings is 2. The second-order valence-corrected chi connectivity index (χ2v) is 6.46. The summed E-state index contributed by atoms with van der Waals surface area (Å²) in [5.41, 5.74) is 2.48. The number of hydrogen-bond donors (Lipinski definition) is 1. The Hall–Kier alpha value is -2.47. The zero-order valence-corrected chi connectivity index (χ0v) is 14.0. The number of halogens is 1. The summed E-state index contributed by atoms with van der Waals surface area (Å²) in [7, 11) is 0. The maximum Gasteiger partial charge on any atom is 0.308 e. The fourth-order valence-electron chi connectivity index (χ4n) is 2.58. The first-order chi connectivity index (χ1) is 11.6. The minimum absolute atomic E-state index is 0.00675. The lowest BCUT2D eigenvalue weighted by atomic mass is 10.1. The average molecular weight is 344 g/mol. The molecule has 124 valence electrons. The summed E-state index contributed by atoms with van der Waals surface area (Å²) >= 11 is 1.18. The Morgan fingerprint density at radius 2 is 1.96 bits per heavy atom. The molecule has 6 heteroatoms. The Morgan fingerprint density at radius 1 is 1.21 bits per heavy atom. The normalized spacial score (nSPS) is 10.9. The smallest absolute Gasteiger partial charge is 0.308 e. The van der Waals surface area contributed by atoms with Crippen molar-refractivity contribution in [1.82, 2.24) is 4.57 Å². The predicted molar refractivity (Wildman–Crippen MR) is 95.1 cm³/mol. The van der Waals surface area contributed by atoms with Crippen molar-refractivity contribution in [2.45, 2.75) is 26.3 Å². The van der Waals surface area contributed by atoms with E-state index in [1.54, 1.807) is 22.8 Å². The van der Waals surface area contributed by atoms with E-state index in [-0.39, 0.29) is 16.6 Å². The van der Waals surface area contributed by atoms with E-state index in [4.69, 9.17) is 0 Å². The van der Waals surface area contributed by atoms with Crippen LogP contribution in [0.2, 0.25) is 0 Å². The molecule has 0 fully saturated rings.